The van der Waals surface area contributed by atoms with Crippen molar-refractivity contribution in [2.75, 3.05) is 0 Å². The van der Waals surface area contributed by atoms with Crippen molar-refractivity contribution in [3.63, 3.8) is 0 Å². The van der Waals surface area contributed by atoms with Crippen LogP contribution in [0.4, 0.5) is 13.2 Å². The molecule has 13 heavy (non-hydrogen) atoms. The molecule has 8 heteroatoms. The molecule has 1 rings (SSSR count). The van der Waals surface area contributed by atoms with Crippen LogP contribution in [0.25, 0.3) is 0 Å². The van der Waals surface area contributed by atoms with Gasteiger partial charge in [0.25, 0.3) is 10.1 Å². The average molecular weight is 218 g/mol. The summed E-state index contributed by atoms with van der Waals surface area (Å²) >= 11 is 0. The minimum absolute atomic E-state index is 0.964. The van der Waals surface area contributed by atoms with Crippen LogP contribution in [0.15, 0.2) is 0 Å². The van der Waals surface area contributed by atoms with Gasteiger partial charge in [-0.1, -0.05) is 0 Å². The summed E-state index contributed by atoms with van der Waals surface area (Å²) in [6, 6.07) is 0. The lowest BCUT2D eigenvalue weighted by Gasteiger charge is -2.09. The molecule has 4 nitrogen and oxygen atoms in total. The van der Waals surface area contributed by atoms with Crippen molar-refractivity contribution in [1.82, 2.24) is 0 Å². The maximum absolute atomic E-state index is 12.0. The molecule has 76 valence electrons. The predicted molar refractivity (Wildman–Crippen MR) is 34.3 cm³/mol. The molecule has 2 atom stereocenters. The van der Waals surface area contributed by atoms with E-state index in [2.05, 4.69) is 4.18 Å². The Balaban J connectivity index is 3.17. The average Bonchev–Trinajstić information content (AvgIpc) is 1.99. The number of Topliss-reactive ketones (excluding diaryl/α,β-unsaturated/α-hetero) is 1. The molecule has 0 N–H and O–H groups in total. The number of alkyl halides is 3. The second-order valence-electron chi connectivity index (χ2n) is 2.56. The van der Waals surface area contributed by atoms with Gasteiger partial charge in [-0.2, -0.15) is 21.6 Å². The topological polar surface area (TPSA) is 60.4 Å². The third kappa shape index (κ3) is 1.68. The normalized spacial score (nSPS) is 33.7. The molecule has 0 saturated carbocycles. The predicted octanol–water partition coefficient (Wildman–Crippen LogP) is 0.235. The summed E-state index contributed by atoms with van der Waals surface area (Å²) in [6.45, 7) is 0.964. The molecular formula is C5H5F3O4S. The minimum Gasteiger partial charge on any atom is -0.295 e. The number of ketones is 1. The first-order valence-corrected chi connectivity index (χ1v) is 4.66. The van der Waals surface area contributed by atoms with E-state index in [1.165, 1.54) is 0 Å². The maximum Gasteiger partial charge on any atom is 0.414 e. The number of halogens is 3. The van der Waals surface area contributed by atoms with E-state index < -0.39 is 33.4 Å². The molecule has 1 saturated heterocycles. The third-order valence-corrected chi connectivity index (χ3v) is 3.16. The van der Waals surface area contributed by atoms with E-state index in [9.17, 15) is 26.4 Å². The lowest BCUT2D eigenvalue weighted by atomic mass is 10.2. The molecule has 1 fully saturated rings. The van der Waals surface area contributed by atoms with Gasteiger partial charge in [-0.3, -0.25) is 8.98 Å². The molecule has 1 aliphatic rings. The largest absolute Gasteiger partial charge is 0.414 e. The molecule has 0 aromatic carbocycles. The zero-order chi connectivity index (χ0) is 10.4. The molecule has 2 unspecified atom stereocenters. The molecule has 0 spiro atoms. The van der Waals surface area contributed by atoms with Gasteiger partial charge < -0.3 is 0 Å². The van der Waals surface area contributed by atoms with Crippen LogP contribution in [0.5, 0.6) is 0 Å². The van der Waals surface area contributed by atoms with E-state index >= 15 is 0 Å². The van der Waals surface area contributed by atoms with Gasteiger partial charge >= 0.3 is 6.18 Å². The van der Waals surface area contributed by atoms with Gasteiger partial charge in [-0.15, -0.1) is 0 Å². The lowest BCUT2D eigenvalue weighted by Crippen LogP contribution is -2.39. The summed E-state index contributed by atoms with van der Waals surface area (Å²) in [7, 11) is -4.82. The quantitative estimate of drug-likeness (QED) is 0.546. The number of carbonyl (C=O) groups excluding carboxylic acids is 1. The lowest BCUT2D eigenvalue weighted by molar-refractivity contribution is -0.149. The maximum atomic E-state index is 12.0. The summed E-state index contributed by atoms with van der Waals surface area (Å²) in [5.74, 6) is -1.47. The Labute approximate surface area is 71.8 Å². The summed E-state index contributed by atoms with van der Waals surface area (Å²) in [4.78, 5) is 10.7. The Bertz CT molecular complexity index is 330. The second kappa shape index (κ2) is 2.68. The molecule has 0 aromatic rings. The standard InChI is InChI=1S/C5H5F3O4S/c1-2-3(9)4(5(6,7)8)13(10,11)12-2/h2,4H,1H3. The number of hydrogen-bond acceptors (Lipinski definition) is 4. The van der Waals surface area contributed by atoms with Crippen molar-refractivity contribution < 1.29 is 30.6 Å². The monoisotopic (exact) mass is 218 g/mol. The molecule has 1 heterocycles. The summed E-state index contributed by atoms with van der Waals surface area (Å²) in [5.41, 5.74) is 0. The van der Waals surface area contributed by atoms with Gasteiger partial charge in [0, 0.05) is 0 Å². The van der Waals surface area contributed by atoms with Gasteiger partial charge in [0.15, 0.2) is 5.78 Å². The zero-order valence-corrected chi connectivity index (χ0v) is 7.15. The third-order valence-electron chi connectivity index (χ3n) is 1.52. The first-order valence-electron chi connectivity index (χ1n) is 3.19. The van der Waals surface area contributed by atoms with Gasteiger partial charge in [0.1, 0.15) is 6.10 Å². The first-order chi connectivity index (χ1) is 5.66. The SMILES string of the molecule is CC1OS(=O)(=O)C(C(F)(F)F)C1=O. The van der Waals surface area contributed by atoms with Crippen LogP contribution in [0.2, 0.25) is 0 Å². The van der Waals surface area contributed by atoms with Crippen LogP contribution in [0.1, 0.15) is 6.92 Å². The fourth-order valence-electron chi connectivity index (χ4n) is 0.985. The molecule has 1 aliphatic heterocycles. The van der Waals surface area contributed by atoms with E-state index in [1.807, 2.05) is 0 Å². The summed E-state index contributed by atoms with van der Waals surface area (Å²) in [5, 5.41) is -3.02. The van der Waals surface area contributed by atoms with Crippen molar-refractivity contribution in [3.8, 4) is 0 Å². The van der Waals surface area contributed by atoms with Crippen LogP contribution in [0, 0.1) is 0 Å². The van der Waals surface area contributed by atoms with E-state index in [-0.39, 0.29) is 0 Å². The first kappa shape index (κ1) is 10.5. The second-order valence-corrected chi connectivity index (χ2v) is 4.20. The Kier molecular flexibility index (Phi) is 2.15. The van der Waals surface area contributed by atoms with E-state index in [1.54, 1.807) is 0 Å². The molecule has 0 aliphatic carbocycles. The van der Waals surface area contributed by atoms with Crippen molar-refractivity contribution in [2.45, 2.75) is 24.5 Å². The van der Waals surface area contributed by atoms with Crippen molar-refractivity contribution in [3.05, 3.63) is 0 Å². The Hall–Kier alpha value is -0.630. The zero-order valence-electron chi connectivity index (χ0n) is 6.33. The Morgan fingerprint density at radius 2 is 1.85 bits per heavy atom. The number of hydrogen-bond donors (Lipinski definition) is 0. The Morgan fingerprint density at radius 1 is 1.38 bits per heavy atom. The fourth-order valence-corrected chi connectivity index (χ4v) is 2.40. The van der Waals surface area contributed by atoms with Gasteiger partial charge in [0.05, 0.1) is 0 Å². The van der Waals surface area contributed by atoms with Crippen LogP contribution in [-0.4, -0.2) is 31.7 Å². The highest BCUT2D eigenvalue weighted by Crippen LogP contribution is 2.33. The summed E-state index contributed by atoms with van der Waals surface area (Å²) < 4.78 is 61.2. The Morgan fingerprint density at radius 3 is 2.00 bits per heavy atom. The van der Waals surface area contributed by atoms with Gasteiger partial charge in [0.2, 0.25) is 5.25 Å². The van der Waals surface area contributed by atoms with E-state index in [4.69, 9.17) is 0 Å². The van der Waals surface area contributed by atoms with E-state index in [0.717, 1.165) is 6.92 Å². The molecule has 0 bridgehead atoms. The number of carbonyl (C=O) groups is 1. The van der Waals surface area contributed by atoms with Crippen molar-refractivity contribution >= 4 is 15.9 Å². The van der Waals surface area contributed by atoms with Crippen molar-refractivity contribution in [2.24, 2.45) is 0 Å². The highest BCUT2D eigenvalue weighted by Gasteiger charge is 2.60. The highest BCUT2D eigenvalue weighted by atomic mass is 32.2. The highest BCUT2D eigenvalue weighted by molar-refractivity contribution is 7.88. The van der Waals surface area contributed by atoms with Crippen LogP contribution in [0.3, 0.4) is 0 Å². The van der Waals surface area contributed by atoms with Crippen LogP contribution in [-0.2, 0) is 19.1 Å². The van der Waals surface area contributed by atoms with Crippen LogP contribution >= 0.6 is 0 Å². The molecular weight excluding hydrogens is 213 g/mol. The summed E-state index contributed by atoms with van der Waals surface area (Å²) in [6.07, 6.45) is -6.64. The van der Waals surface area contributed by atoms with Crippen LogP contribution < -0.4 is 0 Å². The fraction of sp³-hybridized carbons (Fsp3) is 0.800. The van der Waals surface area contributed by atoms with Crippen molar-refractivity contribution in [1.29, 1.82) is 0 Å². The molecule has 0 amide bonds. The smallest absolute Gasteiger partial charge is 0.295 e. The minimum atomic E-state index is -5.10. The van der Waals surface area contributed by atoms with Gasteiger partial charge in [-0.05, 0) is 6.92 Å². The van der Waals surface area contributed by atoms with E-state index in [0.29, 0.717) is 0 Å². The number of rotatable bonds is 0. The molecule has 0 aromatic heterocycles. The van der Waals surface area contributed by atoms with Gasteiger partial charge in [-0.25, -0.2) is 0 Å². The molecule has 0 radical (unpaired) electrons.